The molecule has 1 heterocycles. The number of fused-ring (bicyclic) bond motifs is 1. The van der Waals surface area contributed by atoms with E-state index in [9.17, 15) is 14.4 Å². The summed E-state index contributed by atoms with van der Waals surface area (Å²) in [6.45, 7) is 0.309. The minimum Gasteiger partial charge on any atom is -0.315 e. The van der Waals surface area contributed by atoms with Crippen LogP contribution in [0.15, 0.2) is 18.2 Å². The van der Waals surface area contributed by atoms with Gasteiger partial charge in [0.25, 0.3) is 0 Å². The Morgan fingerprint density at radius 3 is 3.00 bits per heavy atom. The summed E-state index contributed by atoms with van der Waals surface area (Å²) < 4.78 is 13.8. The van der Waals surface area contributed by atoms with Crippen LogP contribution in [0.25, 0.3) is 0 Å². The van der Waals surface area contributed by atoms with Crippen molar-refractivity contribution in [2.24, 2.45) is 0 Å². The highest BCUT2D eigenvalue weighted by atomic mass is 35.5. The second-order valence-electron chi connectivity index (χ2n) is 6.09. The number of hydrogen-bond donors (Lipinski definition) is 1. The first-order chi connectivity index (χ1) is 12.0. The number of anilines is 1. The van der Waals surface area contributed by atoms with Crippen LogP contribution in [0.5, 0.6) is 0 Å². The number of aryl methyl sites for hydroxylation is 1. The maximum atomic E-state index is 13.8. The molecule has 1 N–H and O–H groups in total. The molecule has 130 valence electrons. The van der Waals surface area contributed by atoms with Gasteiger partial charge in [-0.1, -0.05) is 17.7 Å². The summed E-state index contributed by atoms with van der Waals surface area (Å²) in [5.74, 6) is -0.618. The van der Waals surface area contributed by atoms with E-state index in [1.807, 2.05) is 0 Å². The van der Waals surface area contributed by atoms with Crippen LogP contribution >= 0.6 is 22.9 Å². The van der Waals surface area contributed by atoms with Gasteiger partial charge in [0.05, 0.1) is 12.1 Å². The Labute approximate surface area is 154 Å². The number of carbonyl (C=O) groups is 1. The molecule has 0 saturated heterocycles. The number of nitriles is 1. The van der Waals surface area contributed by atoms with E-state index >= 15 is 0 Å². The third kappa shape index (κ3) is 3.84. The molecule has 7 heteroatoms. The largest absolute Gasteiger partial charge is 0.315 e. The number of nitrogens with zero attached hydrogens (tertiary/aromatic N) is 2. The first-order valence-corrected chi connectivity index (χ1v) is 9.15. The van der Waals surface area contributed by atoms with Crippen molar-refractivity contribution in [3.05, 3.63) is 50.6 Å². The third-order valence-electron chi connectivity index (χ3n) is 4.19. The standard InChI is InChI=1S/C18H17ClFN3OS/c1-23(9-13-14(19)5-3-6-15(13)20)10-17(24)22-18-12(8-21)11-4-2-7-16(11)25-18/h3,5-6H,2,4,7,9-10H2,1H3,(H,22,24). The number of likely N-dealkylation sites (N-methyl/N-ethyl adjacent to an activating group) is 1. The maximum Gasteiger partial charge on any atom is 0.239 e. The van der Waals surface area contributed by atoms with Crippen molar-refractivity contribution < 1.29 is 9.18 Å². The van der Waals surface area contributed by atoms with Gasteiger partial charge in [0.2, 0.25) is 5.91 Å². The van der Waals surface area contributed by atoms with Gasteiger partial charge in [0.15, 0.2) is 0 Å². The number of rotatable bonds is 5. The van der Waals surface area contributed by atoms with Gasteiger partial charge < -0.3 is 5.32 Å². The summed E-state index contributed by atoms with van der Waals surface area (Å²) >= 11 is 7.50. The predicted octanol–water partition coefficient (Wildman–Crippen LogP) is 3.97. The number of nitrogens with one attached hydrogen (secondary N) is 1. The molecule has 1 amide bonds. The first kappa shape index (κ1) is 17.9. The summed E-state index contributed by atoms with van der Waals surface area (Å²) in [4.78, 5) is 15.2. The summed E-state index contributed by atoms with van der Waals surface area (Å²) in [5, 5.41) is 13.1. The molecule has 1 aromatic carbocycles. The summed E-state index contributed by atoms with van der Waals surface area (Å²) in [7, 11) is 1.72. The van der Waals surface area contributed by atoms with Crippen LogP contribution in [0.1, 0.15) is 28.0 Å². The zero-order chi connectivity index (χ0) is 18.0. The van der Waals surface area contributed by atoms with Crippen LogP contribution in [0.3, 0.4) is 0 Å². The lowest BCUT2D eigenvalue weighted by molar-refractivity contribution is -0.117. The van der Waals surface area contributed by atoms with Crippen LogP contribution in [-0.2, 0) is 24.2 Å². The topological polar surface area (TPSA) is 56.1 Å². The third-order valence-corrected chi connectivity index (χ3v) is 5.75. The molecule has 0 saturated carbocycles. The molecule has 0 aliphatic heterocycles. The molecule has 4 nitrogen and oxygen atoms in total. The molecule has 2 aromatic rings. The molecular weight excluding hydrogens is 361 g/mol. The fraction of sp³-hybridized carbons (Fsp3) is 0.333. The second kappa shape index (κ2) is 7.52. The average Bonchev–Trinajstić information content (AvgIpc) is 3.11. The summed E-state index contributed by atoms with van der Waals surface area (Å²) in [6.07, 6.45) is 2.93. The molecule has 0 unspecified atom stereocenters. The minimum absolute atomic E-state index is 0.0814. The fourth-order valence-electron chi connectivity index (χ4n) is 3.03. The van der Waals surface area contributed by atoms with Gasteiger partial charge in [0, 0.05) is 22.0 Å². The van der Waals surface area contributed by atoms with E-state index in [0.717, 1.165) is 24.8 Å². The lowest BCUT2D eigenvalue weighted by Crippen LogP contribution is -2.30. The van der Waals surface area contributed by atoms with Crippen LogP contribution in [0.2, 0.25) is 5.02 Å². The van der Waals surface area contributed by atoms with Gasteiger partial charge >= 0.3 is 0 Å². The zero-order valence-electron chi connectivity index (χ0n) is 13.7. The molecule has 1 aliphatic rings. The van der Waals surface area contributed by atoms with E-state index in [4.69, 9.17) is 11.6 Å². The Kier molecular flexibility index (Phi) is 5.38. The minimum atomic E-state index is -0.388. The van der Waals surface area contributed by atoms with E-state index in [1.165, 1.54) is 22.3 Å². The second-order valence-corrected chi connectivity index (χ2v) is 7.61. The number of hydrogen-bond acceptors (Lipinski definition) is 4. The molecular formula is C18H17ClFN3OS. The van der Waals surface area contributed by atoms with Gasteiger partial charge in [-0.25, -0.2) is 4.39 Å². The van der Waals surface area contributed by atoms with Gasteiger partial charge in [-0.2, -0.15) is 5.26 Å². The normalized spacial score (nSPS) is 12.9. The smallest absolute Gasteiger partial charge is 0.239 e. The highest BCUT2D eigenvalue weighted by Gasteiger charge is 2.23. The van der Waals surface area contributed by atoms with Crippen LogP contribution in [0, 0.1) is 17.1 Å². The fourth-order valence-corrected chi connectivity index (χ4v) is 4.51. The number of thiophene rings is 1. The maximum absolute atomic E-state index is 13.8. The summed E-state index contributed by atoms with van der Waals surface area (Å²) in [6, 6.07) is 6.73. The molecule has 25 heavy (non-hydrogen) atoms. The summed E-state index contributed by atoms with van der Waals surface area (Å²) in [5.41, 5.74) is 2.03. The molecule has 0 atom stereocenters. The van der Waals surface area contributed by atoms with Gasteiger partial charge in [-0.05, 0) is 44.0 Å². The predicted molar refractivity (Wildman–Crippen MR) is 97.4 cm³/mol. The quantitative estimate of drug-likeness (QED) is 0.857. The van der Waals surface area contributed by atoms with Crippen molar-refractivity contribution >= 4 is 33.8 Å². The average molecular weight is 378 g/mol. The van der Waals surface area contributed by atoms with Gasteiger partial charge in [-0.15, -0.1) is 11.3 Å². The van der Waals surface area contributed by atoms with Crippen molar-refractivity contribution in [2.45, 2.75) is 25.8 Å². The van der Waals surface area contributed by atoms with Crippen molar-refractivity contribution in [3.63, 3.8) is 0 Å². The monoisotopic (exact) mass is 377 g/mol. The SMILES string of the molecule is CN(CC(=O)Nc1sc2c(c1C#N)CCC2)Cc1c(F)cccc1Cl. The lowest BCUT2D eigenvalue weighted by atomic mass is 10.1. The zero-order valence-corrected chi connectivity index (χ0v) is 15.3. The lowest BCUT2D eigenvalue weighted by Gasteiger charge is -2.17. The number of benzene rings is 1. The van der Waals surface area contributed by atoms with E-state index < -0.39 is 0 Å². The Morgan fingerprint density at radius 1 is 1.48 bits per heavy atom. The molecule has 3 rings (SSSR count). The number of halogens is 2. The van der Waals surface area contributed by atoms with Crippen molar-refractivity contribution in [3.8, 4) is 6.07 Å². The first-order valence-electron chi connectivity index (χ1n) is 7.95. The highest BCUT2D eigenvalue weighted by molar-refractivity contribution is 7.16. The Morgan fingerprint density at radius 2 is 2.28 bits per heavy atom. The van der Waals surface area contributed by atoms with Crippen LogP contribution in [-0.4, -0.2) is 24.4 Å². The number of amides is 1. The Balaban J connectivity index is 1.64. The Bertz CT molecular complexity index is 838. The molecule has 0 spiro atoms. The van der Waals surface area contributed by atoms with Crippen molar-refractivity contribution in [1.82, 2.24) is 4.90 Å². The molecule has 0 bridgehead atoms. The number of carbonyl (C=O) groups excluding carboxylic acids is 1. The highest BCUT2D eigenvalue weighted by Crippen LogP contribution is 2.38. The van der Waals surface area contributed by atoms with Gasteiger partial charge in [-0.3, -0.25) is 9.69 Å². The molecule has 0 radical (unpaired) electrons. The van der Waals surface area contributed by atoms with Crippen molar-refractivity contribution in [1.29, 1.82) is 5.26 Å². The van der Waals surface area contributed by atoms with Crippen LogP contribution in [0.4, 0.5) is 9.39 Å². The van der Waals surface area contributed by atoms with E-state index in [2.05, 4.69) is 11.4 Å². The molecule has 1 aromatic heterocycles. The van der Waals surface area contributed by atoms with Crippen LogP contribution < -0.4 is 5.32 Å². The Hall–Kier alpha value is -1.94. The van der Waals surface area contributed by atoms with Crippen molar-refractivity contribution in [2.75, 3.05) is 18.9 Å². The van der Waals surface area contributed by atoms with E-state index in [1.54, 1.807) is 24.1 Å². The van der Waals surface area contributed by atoms with E-state index in [-0.39, 0.29) is 24.8 Å². The van der Waals surface area contributed by atoms with E-state index in [0.29, 0.717) is 21.2 Å². The van der Waals surface area contributed by atoms with Gasteiger partial charge in [0.1, 0.15) is 16.9 Å². The molecule has 0 fully saturated rings. The molecule has 1 aliphatic carbocycles.